The summed E-state index contributed by atoms with van der Waals surface area (Å²) >= 11 is 0. The number of phosphoric acid groups is 1. The number of unbranched alkanes of at least 4 members (excludes halogenated alkanes) is 43. The molecule has 0 bridgehead atoms. The van der Waals surface area contributed by atoms with Crippen molar-refractivity contribution >= 4 is 13.7 Å². The van der Waals surface area contributed by atoms with E-state index in [1.165, 1.54) is 250 Å². The van der Waals surface area contributed by atoms with Crippen molar-refractivity contribution < 1.29 is 32.9 Å². The zero-order chi connectivity index (χ0) is 57.7. The van der Waals surface area contributed by atoms with E-state index in [9.17, 15) is 19.4 Å². The number of rotatable bonds is 64. The van der Waals surface area contributed by atoms with Gasteiger partial charge >= 0.3 is 0 Å². The van der Waals surface area contributed by atoms with Crippen molar-refractivity contribution in [3.05, 3.63) is 48.6 Å². The van der Waals surface area contributed by atoms with Crippen LogP contribution in [0.15, 0.2) is 48.6 Å². The molecule has 0 aliphatic carbocycles. The van der Waals surface area contributed by atoms with Gasteiger partial charge in [-0.25, -0.2) is 0 Å². The monoisotopic (exact) mass is 1130 g/mol. The molecule has 0 aromatic rings. The highest BCUT2D eigenvalue weighted by molar-refractivity contribution is 7.45. The zero-order valence-corrected chi connectivity index (χ0v) is 54.2. The predicted octanol–water partition coefficient (Wildman–Crippen LogP) is 21.2. The molecule has 0 saturated heterocycles. The highest BCUT2D eigenvalue weighted by Gasteiger charge is 2.24. The number of carbonyl (C=O) groups excluding carboxylic acids is 1. The molecule has 3 unspecified atom stereocenters. The van der Waals surface area contributed by atoms with Crippen LogP contribution in [0.5, 0.6) is 0 Å². The van der Waals surface area contributed by atoms with E-state index in [0.29, 0.717) is 23.9 Å². The van der Waals surface area contributed by atoms with Gasteiger partial charge in [-0.1, -0.05) is 332 Å². The second-order valence-corrected chi connectivity index (χ2v) is 26.3. The molecule has 0 aromatic carbocycles. The first-order valence-electron chi connectivity index (χ1n) is 34.5. The fraction of sp³-hybridized carbons (Fsp3) is 0.871. The number of aliphatic hydroxyl groups is 1. The number of aliphatic hydroxyl groups excluding tert-OH is 1. The van der Waals surface area contributed by atoms with Crippen molar-refractivity contribution in [2.75, 3.05) is 40.9 Å². The number of likely N-dealkylation sites (N-methyl/N-ethyl adjacent to an activating group) is 1. The van der Waals surface area contributed by atoms with Crippen molar-refractivity contribution in [1.82, 2.24) is 5.32 Å². The molecule has 0 saturated carbocycles. The Morgan fingerprint density at radius 3 is 1.13 bits per heavy atom. The van der Waals surface area contributed by atoms with E-state index in [1.807, 2.05) is 21.1 Å². The van der Waals surface area contributed by atoms with Crippen molar-refractivity contribution in [1.29, 1.82) is 0 Å². The minimum absolute atomic E-state index is 0.0143. The summed E-state index contributed by atoms with van der Waals surface area (Å²) in [4.78, 5) is 25.6. The lowest BCUT2D eigenvalue weighted by atomic mass is 10.0. The SMILES string of the molecule is CC/C=C\C/C=C\C/C=C\C/C=C\CCCCCCCCCCCCCCCCCCCCCCCCCCC(=O)NC(COP(=O)([O-])OCC[N+](C)(C)C)C(O)CCCCCCCCCCCCCCCCCCCCCC. The standard InChI is InChI=1S/C70H135N2O6P/c1-6-8-10-12-14-16-18-20-22-24-26-28-29-30-31-32-33-34-35-36-37-38-39-40-41-42-43-44-46-48-50-52-54-56-58-60-62-64-70(74)71-68(67-78-79(75,76)77-66-65-72(3,4)5)69(73)63-61-59-57-55-53-51-49-47-45-27-25-23-21-19-17-15-13-11-9-7-2/h8,10,14,16,20,22,26,28,68-69,73H,6-7,9,11-13,15,17-19,21,23-25,27,29-67H2,1-5H3,(H-,71,74,75,76)/b10-8-,16-14-,22-20-,28-26-. The van der Waals surface area contributed by atoms with E-state index in [2.05, 4.69) is 67.8 Å². The maximum absolute atomic E-state index is 13.0. The molecule has 9 heteroatoms. The highest BCUT2D eigenvalue weighted by Crippen LogP contribution is 2.38. The van der Waals surface area contributed by atoms with Crippen molar-refractivity contribution in [2.45, 2.75) is 353 Å². The maximum Gasteiger partial charge on any atom is 0.268 e. The minimum atomic E-state index is -4.58. The molecule has 3 atom stereocenters. The minimum Gasteiger partial charge on any atom is -0.756 e. The van der Waals surface area contributed by atoms with Crippen LogP contribution in [0.3, 0.4) is 0 Å². The summed E-state index contributed by atoms with van der Waals surface area (Å²) in [5.41, 5.74) is 0. The Balaban J connectivity index is 3.93. The van der Waals surface area contributed by atoms with Crippen LogP contribution >= 0.6 is 7.82 Å². The molecule has 0 rings (SSSR count). The Hall–Kier alpha value is -1.54. The van der Waals surface area contributed by atoms with Gasteiger partial charge in [0.25, 0.3) is 7.82 Å². The van der Waals surface area contributed by atoms with Gasteiger partial charge in [0.05, 0.1) is 39.9 Å². The molecule has 8 nitrogen and oxygen atoms in total. The number of phosphoric ester groups is 1. The quantitative estimate of drug-likeness (QED) is 0.0272. The smallest absolute Gasteiger partial charge is 0.268 e. The summed E-state index contributed by atoms with van der Waals surface area (Å²) in [6.45, 7) is 4.66. The third-order valence-electron chi connectivity index (χ3n) is 15.8. The van der Waals surface area contributed by atoms with E-state index < -0.39 is 20.0 Å². The number of amides is 1. The number of quaternary nitrogens is 1. The third-order valence-corrected chi connectivity index (χ3v) is 16.8. The van der Waals surface area contributed by atoms with Crippen LogP contribution in [-0.4, -0.2) is 68.5 Å². The molecule has 0 heterocycles. The molecular weight excluding hydrogens is 996 g/mol. The molecule has 0 spiro atoms. The summed E-state index contributed by atoms with van der Waals surface area (Å²) in [7, 11) is 1.32. The Morgan fingerprint density at radius 1 is 0.456 bits per heavy atom. The van der Waals surface area contributed by atoms with E-state index in [-0.39, 0.29) is 19.1 Å². The molecule has 0 fully saturated rings. The van der Waals surface area contributed by atoms with Crippen LogP contribution in [-0.2, 0) is 18.4 Å². The normalized spacial score (nSPS) is 14.0. The van der Waals surface area contributed by atoms with Gasteiger partial charge in [-0.3, -0.25) is 9.36 Å². The van der Waals surface area contributed by atoms with Crippen LogP contribution in [0.4, 0.5) is 0 Å². The van der Waals surface area contributed by atoms with E-state index >= 15 is 0 Å². The number of nitrogens with one attached hydrogen (secondary N) is 1. The van der Waals surface area contributed by atoms with Crippen LogP contribution in [0.2, 0.25) is 0 Å². The van der Waals surface area contributed by atoms with Crippen LogP contribution in [0.25, 0.3) is 0 Å². The lowest BCUT2D eigenvalue weighted by Gasteiger charge is -2.30. The zero-order valence-electron chi connectivity index (χ0n) is 53.3. The molecule has 466 valence electrons. The van der Waals surface area contributed by atoms with Crippen molar-refractivity contribution in [3.8, 4) is 0 Å². The molecule has 0 aliphatic rings. The van der Waals surface area contributed by atoms with Gasteiger partial charge in [0.2, 0.25) is 5.91 Å². The van der Waals surface area contributed by atoms with Gasteiger partial charge in [0.15, 0.2) is 0 Å². The summed E-state index contributed by atoms with van der Waals surface area (Å²) < 4.78 is 23.5. The van der Waals surface area contributed by atoms with E-state index in [4.69, 9.17) is 9.05 Å². The van der Waals surface area contributed by atoms with E-state index in [1.54, 1.807) is 0 Å². The van der Waals surface area contributed by atoms with Crippen LogP contribution in [0, 0.1) is 0 Å². The number of allylic oxidation sites excluding steroid dienone is 8. The summed E-state index contributed by atoms with van der Waals surface area (Å²) in [5.74, 6) is -0.157. The molecule has 0 aromatic heterocycles. The number of hydrogen-bond donors (Lipinski definition) is 2. The van der Waals surface area contributed by atoms with Gasteiger partial charge in [-0.2, -0.15) is 0 Å². The predicted molar refractivity (Wildman–Crippen MR) is 344 cm³/mol. The largest absolute Gasteiger partial charge is 0.756 e. The molecule has 0 aliphatic heterocycles. The van der Waals surface area contributed by atoms with Gasteiger partial charge in [0.1, 0.15) is 13.2 Å². The average Bonchev–Trinajstić information content (AvgIpc) is 3.42. The first kappa shape index (κ1) is 77.5. The molecule has 79 heavy (non-hydrogen) atoms. The topological polar surface area (TPSA) is 108 Å². The number of nitrogens with zero attached hydrogens (tertiary/aromatic N) is 1. The number of carbonyl (C=O) groups is 1. The van der Waals surface area contributed by atoms with Gasteiger partial charge in [-0.15, -0.1) is 0 Å². The Bertz CT molecular complexity index is 1430. The van der Waals surface area contributed by atoms with Gasteiger partial charge in [0, 0.05) is 6.42 Å². The van der Waals surface area contributed by atoms with Gasteiger partial charge in [-0.05, 0) is 51.4 Å². The Morgan fingerprint density at radius 2 is 0.772 bits per heavy atom. The second kappa shape index (κ2) is 61.0. The van der Waals surface area contributed by atoms with Gasteiger partial charge < -0.3 is 28.8 Å². The fourth-order valence-electron chi connectivity index (χ4n) is 10.5. The summed E-state index contributed by atoms with van der Waals surface area (Å²) in [5, 5.41) is 14.1. The van der Waals surface area contributed by atoms with Crippen LogP contribution < -0.4 is 10.2 Å². The first-order valence-corrected chi connectivity index (χ1v) is 35.9. The Kier molecular flexibility index (Phi) is 59.8. The van der Waals surface area contributed by atoms with Crippen molar-refractivity contribution in [3.63, 3.8) is 0 Å². The lowest BCUT2D eigenvalue weighted by molar-refractivity contribution is -0.870. The first-order chi connectivity index (χ1) is 38.5. The van der Waals surface area contributed by atoms with E-state index in [0.717, 1.165) is 64.2 Å². The molecule has 2 N–H and O–H groups in total. The van der Waals surface area contributed by atoms with Crippen molar-refractivity contribution in [2.24, 2.45) is 0 Å². The molecule has 1 amide bonds. The Labute approximate surface area is 492 Å². The summed E-state index contributed by atoms with van der Waals surface area (Å²) in [6, 6.07) is -0.800. The molecule has 0 radical (unpaired) electrons. The average molecular weight is 1130 g/mol. The van der Waals surface area contributed by atoms with Crippen LogP contribution in [0.1, 0.15) is 341 Å². The second-order valence-electron chi connectivity index (χ2n) is 24.9. The maximum atomic E-state index is 13.0. The number of hydrogen-bond acceptors (Lipinski definition) is 6. The lowest BCUT2D eigenvalue weighted by Crippen LogP contribution is -2.46. The highest BCUT2D eigenvalue weighted by atomic mass is 31.2. The third kappa shape index (κ3) is 63.9. The molecular formula is C70H135N2O6P. The summed E-state index contributed by atoms with van der Waals surface area (Å²) in [6.07, 6.45) is 81.9. The fourth-order valence-corrected chi connectivity index (χ4v) is 11.2.